The van der Waals surface area contributed by atoms with Gasteiger partial charge in [-0.15, -0.1) is 0 Å². The molecule has 19 heavy (non-hydrogen) atoms. The first kappa shape index (κ1) is 16.5. The average Bonchev–Trinajstić information content (AvgIpc) is 2.26. The van der Waals surface area contributed by atoms with Gasteiger partial charge in [-0.1, -0.05) is 0 Å². The van der Waals surface area contributed by atoms with Crippen molar-refractivity contribution in [1.29, 1.82) is 0 Å². The molecular weight excluding hydrogens is 417 g/mol. The van der Waals surface area contributed by atoms with E-state index in [0.717, 1.165) is 23.0 Å². The van der Waals surface area contributed by atoms with E-state index in [1.54, 1.807) is 0 Å². The maximum atomic E-state index is 12.4. The van der Waals surface area contributed by atoms with Crippen LogP contribution < -0.4 is 0 Å². The first-order valence-corrected chi connectivity index (χ1v) is 6.51. The zero-order chi connectivity index (χ0) is 15.1. The molecule has 0 aliphatic heterocycles. The summed E-state index contributed by atoms with van der Waals surface area (Å²) in [7, 11) is -4.68. The zero-order valence-corrected chi connectivity index (χ0v) is 11.5. The van der Waals surface area contributed by atoms with E-state index in [1.807, 2.05) is 0 Å². The van der Waals surface area contributed by atoms with Crippen LogP contribution in [0.1, 0.15) is 11.1 Å². The first-order valence-electron chi connectivity index (χ1n) is 4.22. The molecule has 0 fully saturated rings. The van der Waals surface area contributed by atoms with Gasteiger partial charge in [0.05, 0.1) is 16.0 Å². The molecule has 0 N–H and O–H groups in total. The van der Waals surface area contributed by atoms with Crippen LogP contribution in [0.25, 0.3) is 0 Å². The minimum absolute atomic E-state index is 0.0727. The van der Waals surface area contributed by atoms with Crippen LogP contribution in [0, 0.1) is 0 Å². The molecule has 1 aromatic carbocycles. The van der Waals surface area contributed by atoms with Gasteiger partial charge in [-0.3, -0.25) is 0 Å². The molecule has 3 nitrogen and oxygen atoms in total. The summed E-state index contributed by atoms with van der Waals surface area (Å²) in [4.78, 5) is -1.22. The molecule has 1 rings (SSSR count). The highest BCUT2D eigenvalue weighted by atomic mass is 127. The van der Waals surface area contributed by atoms with Crippen molar-refractivity contribution in [3.05, 3.63) is 29.3 Å². The largest absolute Gasteiger partial charge is 0.416 e. The van der Waals surface area contributed by atoms with Crippen molar-refractivity contribution >= 4 is 33.1 Å². The zero-order valence-electron chi connectivity index (χ0n) is 8.51. The van der Waals surface area contributed by atoms with Crippen LogP contribution in [0.2, 0.25) is 0 Å². The maximum absolute atomic E-state index is 12.4. The number of benzene rings is 1. The van der Waals surface area contributed by atoms with E-state index in [0.29, 0.717) is 0 Å². The van der Waals surface area contributed by atoms with Crippen LogP contribution in [-0.4, -0.2) is 8.42 Å². The smallest absolute Gasteiger partial charge is 0.195 e. The van der Waals surface area contributed by atoms with E-state index in [-0.39, 0.29) is 18.2 Å². The van der Waals surface area contributed by atoms with Crippen molar-refractivity contribution in [2.24, 2.45) is 0 Å². The lowest BCUT2D eigenvalue weighted by atomic mass is 10.1. The number of hydrogen-bond donors (Lipinski definition) is 0. The second kappa shape index (κ2) is 5.09. The molecule has 0 radical (unpaired) electrons. The molecule has 0 spiro atoms. The van der Waals surface area contributed by atoms with E-state index in [4.69, 9.17) is 0 Å². The van der Waals surface area contributed by atoms with Gasteiger partial charge in [0.25, 0.3) is 0 Å². The van der Waals surface area contributed by atoms with Crippen LogP contribution in [-0.2, 0) is 25.0 Å². The standard InChI is InChI=1S/C8H3F6IO3S/c9-7(10,11)4-1-5(8(12,13)14)3-6(2-4)19(16,17)18-15/h1-3H. The molecule has 0 aliphatic rings. The highest BCUT2D eigenvalue weighted by Crippen LogP contribution is 2.37. The summed E-state index contributed by atoms with van der Waals surface area (Å²) >= 11 is 0.849. The van der Waals surface area contributed by atoms with Crippen molar-refractivity contribution in [3.8, 4) is 0 Å². The Morgan fingerprint density at radius 2 is 1.26 bits per heavy atom. The summed E-state index contributed by atoms with van der Waals surface area (Å²) in [5.41, 5.74) is -3.45. The van der Waals surface area contributed by atoms with Crippen molar-refractivity contribution in [2.75, 3.05) is 0 Å². The van der Waals surface area contributed by atoms with Gasteiger partial charge in [-0.25, -0.2) is 0 Å². The van der Waals surface area contributed by atoms with Gasteiger partial charge < -0.3 is 0 Å². The highest BCUT2D eigenvalue weighted by molar-refractivity contribution is 14.1. The Bertz CT molecular complexity index is 545. The van der Waals surface area contributed by atoms with Crippen molar-refractivity contribution < 1.29 is 37.3 Å². The third kappa shape index (κ3) is 3.95. The molecule has 0 amide bonds. The summed E-state index contributed by atoms with van der Waals surface area (Å²) in [5, 5.41) is 0. The molecule has 0 heterocycles. The lowest BCUT2D eigenvalue weighted by Crippen LogP contribution is -2.13. The van der Waals surface area contributed by atoms with Crippen molar-refractivity contribution in [3.63, 3.8) is 0 Å². The minimum Gasteiger partial charge on any atom is -0.195 e. The van der Waals surface area contributed by atoms with Crippen molar-refractivity contribution in [2.45, 2.75) is 17.2 Å². The molecule has 1 aromatic rings. The Morgan fingerprint density at radius 1 is 0.895 bits per heavy atom. The van der Waals surface area contributed by atoms with Gasteiger partial charge in [-0.2, -0.15) is 37.3 Å². The Hall–Kier alpha value is -0.560. The Balaban J connectivity index is 3.60. The predicted molar refractivity (Wildman–Crippen MR) is 58.7 cm³/mol. The maximum Gasteiger partial charge on any atom is 0.416 e. The number of halogens is 7. The fourth-order valence-corrected chi connectivity index (χ4v) is 2.35. The van der Waals surface area contributed by atoms with Gasteiger partial charge in [0.15, 0.2) is 0 Å². The van der Waals surface area contributed by atoms with Crippen LogP contribution in [0.15, 0.2) is 23.1 Å². The Labute approximate surface area is 117 Å². The van der Waals surface area contributed by atoms with Gasteiger partial charge in [0.1, 0.15) is 23.0 Å². The van der Waals surface area contributed by atoms with Gasteiger partial charge in [0.2, 0.25) is 0 Å². The van der Waals surface area contributed by atoms with Crippen molar-refractivity contribution in [1.82, 2.24) is 0 Å². The van der Waals surface area contributed by atoms with Gasteiger partial charge in [0, 0.05) is 0 Å². The van der Waals surface area contributed by atoms with Gasteiger partial charge >= 0.3 is 22.5 Å². The van der Waals surface area contributed by atoms with E-state index in [2.05, 4.69) is 2.51 Å². The third-order valence-electron chi connectivity index (χ3n) is 1.93. The van der Waals surface area contributed by atoms with E-state index in [9.17, 15) is 34.8 Å². The molecule has 11 heteroatoms. The lowest BCUT2D eigenvalue weighted by Gasteiger charge is -2.13. The second-order valence-corrected chi connectivity index (χ2v) is 5.84. The molecule has 108 valence electrons. The van der Waals surface area contributed by atoms with Crippen LogP contribution in [0.5, 0.6) is 0 Å². The summed E-state index contributed by atoms with van der Waals surface area (Å²) in [6, 6.07) is -0.0291. The summed E-state index contributed by atoms with van der Waals surface area (Å²) in [5.74, 6) is 0. The quantitative estimate of drug-likeness (QED) is 0.541. The third-order valence-corrected chi connectivity index (χ3v) is 4.33. The predicted octanol–water partition coefficient (Wildman–Crippen LogP) is 3.78. The Kier molecular flexibility index (Phi) is 4.42. The molecule has 0 aromatic heterocycles. The molecule has 0 saturated carbocycles. The van der Waals surface area contributed by atoms with E-state index in [1.165, 1.54) is 0 Å². The normalized spacial score (nSPS) is 13.6. The SMILES string of the molecule is O=S(=O)(OI)c1cc(C(F)(F)F)cc(C(F)(F)F)c1. The molecule has 0 bridgehead atoms. The molecule has 0 aliphatic carbocycles. The molecule has 0 saturated heterocycles. The molecule has 0 atom stereocenters. The Morgan fingerprint density at radius 3 is 1.53 bits per heavy atom. The summed E-state index contributed by atoms with van der Waals surface area (Å²) in [6.45, 7) is 0. The second-order valence-electron chi connectivity index (χ2n) is 3.26. The van der Waals surface area contributed by atoms with Crippen LogP contribution in [0.3, 0.4) is 0 Å². The van der Waals surface area contributed by atoms with E-state index < -0.39 is 38.5 Å². The number of rotatable bonds is 2. The minimum atomic E-state index is -5.11. The topological polar surface area (TPSA) is 43.4 Å². The monoisotopic (exact) mass is 420 g/mol. The fraction of sp³-hybridized carbons (Fsp3) is 0.250. The summed E-state index contributed by atoms with van der Waals surface area (Å²) in [6.07, 6.45) is -10.2. The number of hydrogen-bond acceptors (Lipinski definition) is 3. The molecule has 0 unspecified atom stereocenters. The number of alkyl halides is 6. The summed E-state index contributed by atoms with van der Waals surface area (Å²) < 4.78 is 101. The first-order chi connectivity index (χ1) is 8.38. The van der Waals surface area contributed by atoms with Crippen LogP contribution in [0.4, 0.5) is 26.3 Å². The van der Waals surface area contributed by atoms with E-state index >= 15 is 0 Å². The van der Waals surface area contributed by atoms with Crippen LogP contribution >= 0.6 is 23.0 Å². The average molecular weight is 420 g/mol. The molecular formula is C8H3F6IO3S. The van der Waals surface area contributed by atoms with Gasteiger partial charge in [-0.05, 0) is 18.2 Å². The fourth-order valence-electron chi connectivity index (χ4n) is 1.11. The lowest BCUT2D eigenvalue weighted by molar-refractivity contribution is -0.143. The highest BCUT2D eigenvalue weighted by Gasteiger charge is 2.38.